The zero-order chi connectivity index (χ0) is 15.2. The Balaban J connectivity index is 1.75. The van der Waals surface area contributed by atoms with Crippen LogP contribution in [-0.2, 0) is 4.79 Å². The fraction of sp³-hybridized carbons (Fsp3) is 0.529. The fourth-order valence-electron chi connectivity index (χ4n) is 2.67. The molecule has 0 aromatic heterocycles. The molecule has 1 amide bonds. The molecule has 0 saturated carbocycles. The number of piperidine rings is 1. The SMILES string of the molecule is Cc1ccc(C(=O)CCC(=O)NC2CCNC(C)C2)cc1. The molecule has 0 aliphatic carbocycles. The summed E-state index contributed by atoms with van der Waals surface area (Å²) >= 11 is 0. The van der Waals surface area contributed by atoms with E-state index in [1.807, 2.05) is 31.2 Å². The Morgan fingerprint density at radius 2 is 1.95 bits per heavy atom. The lowest BCUT2D eigenvalue weighted by Gasteiger charge is -2.28. The third-order valence-electron chi connectivity index (χ3n) is 3.94. The second-order valence-corrected chi connectivity index (χ2v) is 5.93. The van der Waals surface area contributed by atoms with Crippen molar-refractivity contribution in [1.29, 1.82) is 0 Å². The zero-order valence-electron chi connectivity index (χ0n) is 12.8. The summed E-state index contributed by atoms with van der Waals surface area (Å²) in [6.45, 7) is 5.05. The first-order chi connectivity index (χ1) is 10.0. The number of hydrogen-bond acceptors (Lipinski definition) is 3. The number of carbonyl (C=O) groups is 2. The predicted molar refractivity (Wildman–Crippen MR) is 83.4 cm³/mol. The van der Waals surface area contributed by atoms with Crippen molar-refractivity contribution in [2.75, 3.05) is 6.54 Å². The lowest BCUT2D eigenvalue weighted by atomic mass is 10.00. The number of carbonyl (C=O) groups excluding carboxylic acids is 2. The summed E-state index contributed by atoms with van der Waals surface area (Å²) in [4.78, 5) is 23.9. The maximum Gasteiger partial charge on any atom is 0.220 e. The average Bonchev–Trinajstić information content (AvgIpc) is 2.45. The molecule has 2 N–H and O–H groups in total. The van der Waals surface area contributed by atoms with Crippen LogP contribution in [0.2, 0.25) is 0 Å². The van der Waals surface area contributed by atoms with Gasteiger partial charge in [-0.3, -0.25) is 9.59 Å². The molecule has 1 heterocycles. The van der Waals surface area contributed by atoms with Gasteiger partial charge in [-0.05, 0) is 33.2 Å². The lowest BCUT2D eigenvalue weighted by molar-refractivity contribution is -0.122. The van der Waals surface area contributed by atoms with Gasteiger partial charge in [-0.2, -0.15) is 0 Å². The number of aryl methyl sites for hydroxylation is 1. The third kappa shape index (κ3) is 4.97. The molecule has 2 unspecified atom stereocenters. The van der Waals surface area contributed by atoms with Crippen LogP contribution in [0.5, 0.6) is 0 Å². The van der Waals surface area contributed by atoms with E-state index < -0.39 is 0 Å². The summed E-state index contributed by atoms with van der Waals surface area (Å²) in [5.41, 5.74) is 1.81. The van der Waals surface area contributed by atoms with Crippen LogP contribution in [0.25, 0.3) is 0 Å². The Hall–Kier alpha value is -1.68. The summed E-state index contributed by atoms with van der Waals surface area (Å²) in [6.07, 6.45) is 2.46. The van der Waals surface area contributed by atoms with E-state index in [4.69, 9.17) is 0 Å². The van der Waals surface area contributed by atoms with E-state index in [9.17, 15) is 9.59 Å². The van der Waals surface area contributed by atoms with E-state index in [0.29, 0.717) is 11.6 Å². The van der Waals surface area contributed by atoms with Gasteiger partial charge in [0.25, 0.3) is 0 Å². The predicted octanol–water partition coefficient (Wildman–Crippen LogP) is 2.21. The van der Waals surface area contributed by atoms with Gasteiger partial charge in [-0.25, -0.2) is 0 Å². The Morgan fingerprint density at radius 3 is 2.62 bits per heavy atom. The smallest absolute Gasteiger partial charge is 0.220 e. The minimum absolute atomic E-state index is 0.0189. The highest BCUT2D eigenvalue weighted by Crippen LogP contribution is 2.10. The second-order valence-electron chi connectivity index (χ2n) is 5.93. The van der Waals surface area contributed by atoms with Crippen LogP contribution in [0.3, 0.4) is 0 Å². The van der Waals surface area contributed by atoms with E-state index in [1.54, 1.807) is 0 Å². The van der Waals surface area contributed by atoms with E-state index in [0.717, 1.165) is 24.9 Å². The normalized spacial score (nSPS) is 21.8. The van der Waals surface area contributed by atoms with E-state index in [2.05, 4.69) is 17.6 Å². The van der Waals surface area contributed by atoms with Gasteiger partial charge in [0.15, 0.2) is 5.78 Å². The van der Waals surface area contributed by atoms with Crippen molar-refractivity contribution in [2.45, 2.75) is 51.6 Å². The van der Waals surface area contributed by atoms with Crippen molar-refractivity contribution in [3.05, 3.63) is 35.4 Å². The summed E-state index contributed by atoms with van der Waals surface area (Å²) in [6, 6.07) is 8.17. The van der Waals surface area contributed by atoms with Crippen molar-refractivity contribution < 1.29 is 9.59 Å². The van der Waals surface area contributed by atoms with Gasteiger partial charge in [0.1, 0.15) is 0 Å². The summed E-state index contributed by atoms with van der Waals surface area (Å²) in [7, 11) is 0. The number of amides is 1. The van der Waals surface area contributed by atoms with E-state index in [-0.39, 0.29) is 30.6 Å². The van der Waals surface area contributed by atoms with E-state index >= 15 is 0 Å². The second kappa shape index (κ2) is 7.36. The average molecular weight is 288 g/mol. The minimum Gasteiger partial charge on any atom is -0.353 e. The van der Waals surface area contributed by atoms with Crippen molar-refractivity contribution in [3.8, 4) is 0 Å². The van der Waals surface area contributed by atoms with Gasteiger partial charge >= 0.3 is 0 Å². The van der Waals surface area contributed by atoms with Crippen LogP contribution in [-0.4, -0.2) is 30.3 Å². The van der Waals surface area contributed by atoms with Crippen LogP contribution in [0.1, 0.15) is 48.5 Å². The largest absolute Gasteiger partial charge is 0.353 e. The molecule has 0 spiro atoms. The van der Waals surface area contributed by atoms with Gasteiger partial charge in [0.2, 0.25) is 5.91 Å². The number of nitrogens with one attached hydrogen (secondary N) is 2. The maximum absolute atomic E-state index is 12.0. The highest BCUT2D eigenvalue weighted by atomic mass is 16.2. The van der Waals surface area contributed by atoms with Crippen LogP contribution >= 0.6 is 0 Å². The Bertz CT molecular complexity index is 496. The molecular weight excluding hydrogens is 264 g/mol. The van der Waals surface area contributed by atoms with Gasteiger partial charge in [0.05, 0.1) is 0 Å². The topological polar surface area (TPSA) is 58.2 Å². The number of benzene rings is 1. The number of Topliss-reactive ketones (excluding diaryl/α,β-unsaturated/α-hetero) is 1. The fourth-order valence-corrected chi connectivity index (χ4v) is 2.67. The number of hydrogen-bond donors (Lipinski definition) is 2. The molecule has 4 heteroatoms. The first kappa shape index (κ1) is 15.7. The van der Waals surface area contributed by atoms with Crippen molar-refractivity contribution in [2.24, 2.45) is 0 Å². The molecule has 2 rings (SSSR count). The summed E-state index contributed by atoms with van der Waals surface area (Å²) in [5.74, 6) is 0.0124. The van der Waals surface area contributed by atoms with Crippen LogP contribution in [0.4, 0.5) is 0 Å². The molecule has 4 nitrogen and oxygen atoms in total. The highest BCUT2D eigenvalue weighted by molar-refractivity contribution is 5.97. The number of rotatable bonds is 5. The lowest BCUT2D eigenvalue weighted by Crippen LogP contribution is -2.46. The summed E-state index contributed by atoms with van der Waals surface area (Å²) < 4.78 is 0. The molecule has 1 aliphatic heterocycles. The van der Waals surface area contributed by atoms with Crippen molar-refractivity contribution in [3.63, 3.8) is 0 Å². The standard InChI is InChI=1S/C17H24N2O2/c1-12-3-5-14(6-4-12)16(20)7-8-17(21)19-15-9-10-18-13(2)11-15/h3-6,13,15,18H,7-11H2,1-2H3,(H,19,21). The molecule has 1 aromatic carbocycles. The van der Waals surface area contributed by atoms with Crippen molar-refractivity contribution >= 4 is 11.7 Å². The quantitative estimate of drug-likeness (QED) is 0.817. The zero-order valence-corrected chi connectivity index (χ0v) is 12.8. The monoisotopic (exact) mass is 288 g/mol. The van der Waals surface area contributed by atoms with Crippen LogP contribution < -0.4 is 10.6 Å². The van der Waals surface area contributed by atoms with Crippen LogP contribution in [0.15, 0.2) is 24.3 Å². The Morgan fingerprint density at radius 1 is 1.24 bits per heavy atom. The van der Waals surface area contributed by atoms with Crippen molar-refractivity contribution in [1.82, 2.24) is 10.6 Å². The first-order valence-corrected chi connectivity index (χ1v) is 7.67. The molecular formula is C17H24N2O2. The third-order valence-corrected chi connectivity index (χ3v) is 3.94. The maximum atomic E-state index is 12.0. The van der Waals surface area contributed by atoms with Gasteiger partial charge < -0.3 is 10.6 Å². The van der Waals surface area contributed by atoms with Gasteiger partial charge in [0, 0.05) is 30.5 Å². The summed E-state index contributed by atoms with van der Waals surface area (Å²) in [5, 5.41) is 6.39. The van der Waals surface area contributed by atoms with Crippen LogP contribution in [0, 0.1) is 6.92 Å². The highest BCUT2D eigenvalue weighted by Gasteiger charge is 2.20. The first-order valence-electron chi connectivity index (χ1n) is 7.67. The molecule has 1 fully saturated rings. The molecule has 0 radical (unpaired) electrons. The molecule has 21 heavy (non-hydrogen) atoms. The Labute approximate surface area is 126 Å². The molecule has 114 valence electrons. The molecule has 1 saturated heterocycles. The van der Waals surface area contributed by atoms with E-state index in [1.165, 1.54) is 0 Å². The molecule has 2 atom stereocenters. The van der Waals surface area contributed by atoms with Gasteiger partial charge in [-0.1, -0.05) is 29.8 Å². The molecule has 0 bridgehead atoms. The van der Waals surface area contributed by atoms with Gasteiger partial charge in [-0.15, -0.1) is 0 Å². The Kier molecular flexibility index (Phi) is 5.51. The minimum atomic E-state index is -0.0189. The number of ketones is 1. The molecule has 1 aromatic rings. The molecule has 1 aliphatic rings.